The van der Waals surface area contributed by atoms with Crippen LogP contribution in [0.3, 0.4) is 0 Å². The van der Waals surface area contributed by atoms with Crippen molar-refractivity contribution in [2.24, 2.45) is 5.92 Å². The number of nitrogens with zero attached hydrogens (tertiary/aromatic N) is 2. The summed E-state index contributed by atoms with van der Waals surface area (Å²) >= 11 is 1.75. The smallest absolute Gasteiger partial charge is 0.185 e. The molecule has 2 rings (SSSR count). The number of rotatable bonds is 9. The Hall–Kier alpha value is -0.650. The van der Waals surface area contributed by atoms with E-state index in [0.29, 0.717) is 0 Å². The van der Waals surface area contributed by atoms with Gasteiger partial charge in [0.05, 0.1) is 6.61 Å². The molecule has 0 unspecified atom stereocenters. The van der Waals surface area contributed by atoms with Crippen LogP contribution in [0.5, 0.6) is 0 Å². The van der Waals surface area contributed by atoms with Crippen LogP contribution in [0.15, 0.2) is 6.20 Å². The van der Waals surface area contributed by atoms with Crippen LogP contribution in [0.4, 0.5) is 5.13 Å². The summed E-state index contributed by atoms with van der Waals surface area (Å²) in [6, 6.07) is 0. The van der Waals surface area contributed by atoms with E-state index in [4.69, 9.17) is 4.74 Å². The van der Waals surface area contributed by atoms with Gasteiger partial charge in [0.15, 0.2) is 5.13 Å². The molecule has 1 aromatic heterocycles. The highest BCUT2D eigenvalue weighted by Gasteiger charge is 2.21. The van der Waals surface area contributed by atoms with E-state index in [1.165, 1.54) is 17.7 Å². The van der Waals surface area contributed by atoms with Gasteiger partial charge in [-0.3, -0.25) is 0 Å². The van der Waals surface area contributed by atoms with Crippen LogP contribution in [-0.4, -0.2) is 38.3 Å². The van der Waals surface area contributed by atoms with E-state index in [1.807, 2.05) is 6.20 Å². The Morgan fingerprint density at radius 3 is 3.11 bits per heavy atom. The lowest BCUT2D eigenvalue weighted by Gasteiger charge is -2.15. The Kier molecular flexibility index (Phi) is 5.41. The molecule has 102 valence electrons. The second kappa shape index (κ2) is 7.07. The van der Waals surface area contributed by atoms with Crippen LogP contribution in [0.25, 0.3) is 0 Å². The van der Waals surface area contributed by atoms with Crippen molar-refractivity contribution >= 4 is 16.5 Å². The van der Waals surface area contributed by atoms with Gasteiger partial charge < -0.3 is 15.0 Å². The largest absolute Gasteiger partial charge is 0.379 e. The lowest BCUT2D eigenvalue weighted by molar-refractivity contribution is 0.131. The third kappa shape index (κ3) is 4.55. The van der Waals surface area contributed by atoms with Gasteiger partial charge in [-0.25, -0.2) is 4.98 Å². The minimum Gasteiger partial charge on any atom is -0.379 e. The molecule has 1 aliphatic rings. The average molecular weight is 269 g/mol. The van der Waals surface area contributed by atoms with Crippen LogP contribution < -0.4 is 10.2 Å². The molecule has 4 nitrogen and oxygen atoms in total. The number of thiazole rings is 1. The van der Waals surface area contributed by atoms with E-state index >= 15 is 0 Å². The van der Waals surface area contributed by atoms with Gasteiger partial charge >= 0.3 is 0 Å². The molecule has 0 spiro atoms. The zero-order valence-electron chi connectivity index (χ0n) is 11.3. The first-order chi connectivity index (χ1) is 8.79. The molecule has 5 heteroatoms. The van der Waals surface area contributed by atoms with Crippen LogP contribution in [-0.2, 0) is 11.3 Å². The van der Waals surface area contributed by atoms with Gasteiger partial charge in [0.2, 0.25) is 0 Å². The lowest BCUT2D eigenvalue weighted by Crippen LogP contribution is -2.22. The van der Waals surface area contributed by atoms with Crippen LogP contribution in [0, 0.1) is 5.92 Å². The zero-order chi connectivity index (χ0) is 12.8. The van der Waals surface area contributed by atoms with Gasteiger partial charge in [0, 0.05) is 37.8 Å². The first kappa shape index (κ1) is 13.8. The number of aromatic nitrogens is 1. The van der Waals surface area contributed by atoms with Gasteiger partial charge in [-0.2, -0.15) is 0 Å². The molecule has 0 amide bonds. The fourth-order valence-corrected chi connectivity index (χ4v) is 2.50. The van der Waals surface area contributed by atoms with E-state index in [0.717, 1.165) is 43.9 Å². The second-order valence-corrected chi connectivity index (χ2v) is 5.92. The molecule has 1 saturated carbocycles. The predicted molar refractivity (Wildman–Crippen MR) is 76.3 cm³/mol. The summed E-state index contributed by atoms with van der Waals surface area (Å²) in [5.41, 5.74) is 0. The third-order valence-electron chi connectivity index (χ3n) is 3.04. The molecule has 1 heterocycles. The monoisotopic (exact) mass is 269 g/mol. The summed E-state index contributed by atoms with van der Waals surface area (Å²) in [5, 5.41) is 4.40. The number of ether oxygens (including phenoxy) is 1. The van der Waals surface area contributed by atoms with Gasteiger partial charge in [0.25, 0.3) is 0 Å². The molecule has 0 saturated heterocycles. The Morgan fingerprint density at radius 1 is 1.56 bits per heavy atom. The number of hydrogen-bond donors (Lipinski definition) is 1. The number of nitrogens with one attached hydrogen (secondary N) is 1. The van der Waals surface area contributed by atoms with Crippen LogP contribution in [0.1, 0.15) is 24.6 Å². The van der Waals surface area contributed by atoms with E-state index in [1.54, 1.807) is 11.3 Å². The number of likely N-dealkylation sites (N-methyl/N-ethyl adjacent to an activating group) is 1. The molecule has 0 aliphatic heterocycles. The SMILES string of the molecule is CCNCc1cnc(N(C)CCOCC2CC2)s1. The molecule has 1 N–H and O–H groups in total. The Bertz CT molecular complexity index is 352. The predicted octanol–water partition coefficient (Wildman–Crippen LogP) is 2.12. The summed E-state index contributed by atoms with van der Waals surface area (Å²) in [4.78, 5) is 7.91. The molecule has 18 heavy (non-hydrogen) atoms. The summed E-state index contributed by atoms with van der Waals surface area (Å²) in [7, 11) is 2.08. The number of anilines is 1. The summed E-state index contributed by atoms with van der Waals surface area (Å²) in [6.07, 6.45) is 4.68. The maximum Gasteiger partial charge on any atom is 0.185 e. The zero-order valence-corrected chi connectivity index (χ0v) is 12.1. The van der Waals surface area contributed by atoms with Crippen LogP contribution >= 0.6 is 11.3 Å². The molecule has 0 atom stereocenters. The van der Waals surface area contributed by atoms with Gasteiger partial charge in [0.1, 0.15) is 0 Å². The summed E-state index contributed by atoms with van der Waals surface area (Å²) in [6.45, 7) is 6.69. The maximum absolute atomic E-state index is 5.64. The fourth-order valence-electron chi connectivity index (χ4n) is 1.64. The molecule has 0 bridgehead atoms. The van der Waals surface area contributed by atoms with Crippen molar-refractivity contribution in [2.45, 2.75) is 26.3 Å². The standard InChI is InChI=1S/C13H23N3OS/c1-3-14-8-12-9-15-13(18-12)16(2)6-7-17-10-11-4-5-11/h9,11,14H,3-8,10H2,1-2H3. The van der Waals surface area contributed by atoms with E-state index in [9.17, 15) is 0 Å². The quantitative estimate of drug-likeness (QED) is 0.697. The maximum atomic E-state index is 5.64. The van der Waals surface area contributed by atoms with Crippen LogP contribution in [0.2, 0.25) is 0 Å². The highest BCUT2D eigenvalue weighted by Crippen LogP contribution is 2.28. The normalized spacial score (nSPS) is 15.0. The molecular weight excluding hydrogens is 246 g/mol. The highest BCUT2D eigenvalue weighted by atomic mass is 32.1. The Labute approximate surface area is 113 Å². The van der Waals surface area contributed by atoms with Crippen molar-refractivity contribution in [3.8, 4) is 0 Å². The van der Waals surface area contributed by atoms with Crippen molar-refractivity contribution in [1.29, 1.82) is 0 Å². The highest BCUT2D eigenvalue weighted by molar-refractivity contribution is 7.15. The number of hydrogen-bond acceptors (Lipinski definition) is 5. The van der Waals surface area contributed by atoms with E-state index in [-0.39, 0.29) is 0 Å². The van der Waals surface area contributed by atoms with E-state index in [2.05, 4.69) is 29.2 Å². The third-order valence-corrected chi connectivity index (χ3v) is 4.15. The van der Waals surface area contributed by atoms with Gasteiger partial charge in [-0.05, 0) is 25.3 Å². The summed E-state index contributed by atoms with van der Waals surface area (Å²) < 4.78 is 5.64. The molecule has 1 fully saturated rings. The Balaban J connectivity index is 1.66. The average Bonchev–Trinajstić information content (AvgIpc) is 3.08. The van der Waals surface area contributed by atoms with Crippen molar-refractivity contribution in [2.75, 3.05) is 38.3 Å². The molecule has 1 aliphatic carbocycles. The minimum absolute atomic E-state index is 0.801. The first-order valence-corrected chi connectivity index (χ1v) is 7.55. The summed E-state index contributed by atoms with van der Waals surface area (Å²) in [5.74, 6) is 0.849. The van der Waals surface area contributed by atoms with Crippen molar-refractivity contribution in [1.82, 2.24) is 10.3 Å². The molecule has 0 radical (unpaired) electrons. The minimum atomic E-state index is 0.801. The molecule has 1 aromatic rings. The first-order valence-electron chi connectivity index (χ1n) is 6.74. The lowest BCUT2D eigenvalue weighted by atomic mass is 10.5. The second-order valence-electron chi connectivity index (χ2n) is 4.83. The van der Waals surface area contributed by atoms with Crippen molar-refractivity contribution in [3.05, 3.63) is 11.1 Å². The Morgan fingerprint density at radius 2 is 2.39 bits per heavy atom. The van der Waals surface area contributed by atoms with Gasteiger partial charge in [-0.15, -0.1) is 11.3 Å². The van der Waals surface area contributed by atoms with E-state index < -0.39 is 0 Å². The fraction of sp³-hybridized carbons (Fsp3) is 0.769. The van der Waals surface area contributed by atoms with Crippen molar-refractivity contribution in [3.63, 3.8) is 0 Å². The van der Waals surface area contributed by atoms with Gasteiger partial charge in [-0.1, -0.05) is 6.92 Å². The molecular formula is C13H23N3OS. The topological polar surface area (TPSA) is 37.4 Å². The van der Waals surface area contributed by atoms with Crippen molar-refractivity contribution < 1.29 is 4.74 Å². The molecule has 0 aromatic carbocycles.